The Kier molecular flexibility index (Phi) is 3.31. The standard InChI is InChI=1S/C10H15N3/c1-8(13-10(11)12-2)9-6-4-3-5-7-9/h3-8H,1-2H3,(H3,11,12,13)/t8-/m0/s1. The Hall–Kier alpha value is -1.51. The number of nitrogens with one attached hydrogen (secondary N) is 3. The van der Waals surface area contributed by atoms with Crippen molar-refractivity contribution in [1.29, 1.82) is 5.41 Å². The minimum absolute atomic E-state index is 0.168. The smallest absolute Gasteiger partial charge is 0.188 e. The van der Waals surface area contributed by atoms with Crippen LogP contribution in [0.25, 0.3) is 0 Å². The van der Waals surface area contributed by atoms with Crippen molar-refractivity contribution in [2.24, 2.45) is 0 Å². The Balaban J connectivity index is 2.59. The first-order valence-corrected chi connectivity index (χ1v) is 4.32. The summed E-state index contributed by atoms with van der Waals surface area (Å²) in [4.78, 5) is 0. The lowest BCUT2D eigenvalue weighted by Crippen LogP contribution is -2.35. The first-order chi connectivity index (χ1) is 6.24. The van der Waals surface area contributed by atoms with Crippen LogP contribution in [0.15, 0.2) is 30.3 Å². The minimum atomic E-state index is 0.168. The van der Waals surface area contributed by atoms with Crippen LogP contribution in [-0.2, 0) is 0 Å². The third kappa shape index (κ3) is 2.78. The molecule has 1 rings (SSSR count). The zero-order valence-corrected chi connectivity index (χ0v) is 7.96. The number of guanidine groups is 1. The molecule has 13 heavy (non-hydrogen) atoms. The van der Waals surface area contributed by atoms with Crippen molar-refractivity contribution in [1.82, 2.24) is 10.6 Å². The molecule has 0 fully saturated rings. The van der Waals surface area contributed by atoms with Gasteiger partial charge in [0.2, 0.25) is 0 Å². The number of hydrogen-bond acceptors (Lipinski definition) is 1. The van der Waals surface area contributed by atoms with Crippen LogP contribution in [0.3, 0.4) is 0 Å². The van der Waals surface area contributed by atoms with Crippen LogP contribution in [-0.4, -0.2) is 13.0 Å². The first-order valence-electron chi connectivity index (χ1n) is 4.32. The number of hydrogen-bond donors (Lipinski definition) is 3. The summed E-state index contributed by atoms with van der Waals surface area (Å²) in [6.07, 6.45) is 0. The van der Waals surface area contributed by atoms with E-state index in [0.29, 0.717) is 5.96 Å². The highest BCUT2D eigenvalue weighted by molar-refractivity contribution is 5.76. The van der Waals surface area contributed by atoms with Gasteiger partial charge in [0, 0.05) is 7.05 Å². The average molecular weight is 177 g/mol. The van der Waals surface area contributed by atoms with E-state index in [9.17, 15) is 0 Å². The van der Waals surface area contributed by atoms with E-state index in [-0.39, 0.29) is 6.04 Å². The van der Waals surface area contributed by atoms with E-state index in [2.05, 4.69) is 10.6 Å². The lowest BCUT2D eigenvalue weighted by Gasteiger charge is -2.15. The van der Waals surface area contributed by atoms with E-state index < -0.39 is 0 Å². The van der Waals surface area contributed by atoms with E-state index in [1.54, 1.807) is 7.05 Å². The summed E-state index contributed by atoms with van der Waals surface area (Å²) in [5.41, 5.74) is 1.18. The predicted molar refractivity (Wildman–Crippen MR) is 54.8 cm³/mol. The van der Waals surface area contributed by atoms with Gasteiger partial charge in [-0.05, 0) is 12.5 Å². The molecule has 3 N–H and O–H groups in total. The van der Waals surface area contributed by atoms with Gasteiger partial charge < -0.3 is 10.6 Å². The van der Waals surface area contributed by atoms with Gasteiger partial charge in [0.25, 0.3) is 0 Å². The molecule has 70 valence electrons. The van der Waals surface area contributed by atoms with Crippen molar-refractivity contribution in [3.8, 4) is 0 Å². The van der Waals surface area contributed by atoms with Crippen molar-refractivity contribution in [2.75, 3.05) is 7.05 Å². The zero-order chi connectivity index (χ0) is 9.68. The summed E-state index contributed by atoms with van der Waals surface area (Å²) in [5, 5.41) is 13.2. The molecule has 0 aliphatic heterocycles. The second-order valence-corrected chi connectivity index (χ2v) is 2.90. The van der Waals surface area contributed by atoms with Crippen LogP contribution in [0.1, 0.15) is 18.5 Å². The van der Waals surface area contributed by atoms with Crippen LogP contribution >= 0.6 is 0 Å². The molecule has 0 amide bonds. The topological polar surface area (TPSA) is 47.9 Å². The van der Waals surface area contributed by atoms with Crippen LogP contribution in [0.5, 0.6) is 0 Å². The summed E-state index contributed by atoms with van der Waals surface area (Å²) >= 11 is 0. The molecule has 1 aromatic rings. The van der Waals surface area contributed by atoms with E-state index in [1.165, 1.54) is 5.56 Å². The Labute approximate surface area is 78.7 Å². The van der Waals surface area contributed by atoms with Crippen LogP contribution in [0, 0.1) is 5.41 Å². The molecular weight excluding hydrogens is 162 g/mol. The molecule has 1 aromatic carbocycles. The monoisotopic (exact) mass is 177 g/mol. The number of rotatable bonds is 2. The Morgan fingerprint density at radius 2 is 1.92 bits per heavy atom. The summed E-state index contributed by atoms with van der Waals surface area (Å²) in [6.45, 7) is 2.03. The van der Waals surface area contributed by atoms with Crippen molar-refractivity contribution in [2.45, 2.75) is 13.0 Å². The van der Waals surface area contributed by atoms with E-state index in [4.69, 9.17) is 5.41 Å². The van der Waals surface area contributed by atoms with Gasteiger partial charge in [-0.25, -0.2) is 0 Å². The lowest BCUT2D eigenvalue weighted by molar-refractivity contribution is 0.696. The Morgan fingerprint density at radius 3 is 2.46 bits per heavy atom. The van der Waals surface area contributed by atoms with Crippen LogP contribution in [0.4, 0.5) is 0 Å². The molecule has 3 nitrogen and oxygen atoms in total. The summed E-state index contributed by atoms with van der Waals surface area (Å²) in [5.74, 6) is 0.344. The largest absolute Gasteiger partial charge is 0.360 e. The first kappa shape index (κ1) is 9.58. The molecule has 0 heterocycles. The molecule has 0 saturated heterocycles. The fourth-order valence-electron chi connectivity index (χ4n) is 1.11. The maximum absolute atomic E-state index is 7.39. The van der Waals surface area contributed by atoms with Crippen molar-refractivity contribution >= 4 is 5.96 Å². The second-order valence-electron chi connectivity index (χ2n) is 2.90. The average Bonchev–Trinajstić information content (AvgIpc) is 2.19. The van der Waals surface area contributed by atoms with Crippen molar-refractivity contribution in [3.05, 3.63) is 35.9 Å². The van der Waals surface area contributed by atoms with Gasteiger partial charge in [-0.2, -0.15) is 0 Å². The third-order valence-electron chi connectivity index (χ3n) is 1.91. The van der Waals surface area contributed by atoms with Gasteiger partial charge in [-0.1, -0.05) is 30.3 Å². The molecule has 0 unspecified atom stereocenters. The molecule has 0 aromatic heterocycles. The highest BCUT2D eigenvalue weighted by Gasteiger charge is 2.03. The molecule has 0 spiro atoms. The molecular formula is C10H15N3. The molecule has 0 bridgehead atoms. The van der Waals surface area contributed by atoms with Crippen molar-refractivity contribution < 1.29 is 0 Å². The fraction of sp³-hybridized carbons (Fsp3) is 0.300. The second kappa shape index (κ2) is 4.50. The van der Waals surface area contributed by atoms with Gasteiger partial charge in [-0.15, -0.1) is 0 Å². The maximum atomic E-state index is 7.39. The van der Waals surface area contributed by atoms with Gasteiger partial charge >= 0.3 is 0 Å². The fourth-order valence-corrected chi connectivity index (χ4v) is 1.11. The van der Waals surface area contributed by atoms with Gasteiger partial charge in [0.05, 0.1) is 6.04 Å². The molecule has 3 heteroatoms. The highest BCUT2D eigenvalue weighted by Crippen LogP contribution is 2.10. The van der Waals surface area contributed by atoms with Gasteiger partial charge in [0.1, 0.15) is 0 Å². The predicted octanol–water partition coefficient (Wildman–Crippen LogP) is 1.49. The molecule has 1 atom stereocenters. The van der Waals surface area contributed by atoms with E-state index >= 15 is 0 Å². The van der Waals surface area contributed by atoms with E-state index in [0.717, 1.165) is 0 Å². The quantitative estimate of drug-likeness (QED) is 0.473. The van der Waals surface area contributed by atoms with Gasteiger partial charge in [-0.3, -0.25) is 5.41 Å². The summed E-state index contributed by atoms with van der Waals surface area (Å²) in [7, 11) is 1.73. The van der Waals surface area contributed by atoms with Gasteiger partial charge in [0.15, 0.2) is 5.96 Å². The van der Waals surface area contributed by atoms with Crippen LogP contribution in [0.2, 0.25) is 0 Å². The van der Waals surface area contributed by atoms with E-state index in [1.807, 2.05) is 37.3 Å². The van der Waals surface area contributed by atoms with Crippen molar-refractivity contribution in [3.63, 3.8) is 0 Å². The summed E-state index contributed by atoms with van der Waals surface area (Å²) < 4.78 is 0. The summed E-state index contributed by atoms with van der Waals surface area (Å²) in [6, 6.07) is 10.2. The Bertz CT molecular complexity index is 269. The van der Waals surface area contributed by atoms with Crippen LogP contribution < -0.4 is 10.6 Å². The SMILES string of the molecule is CNC(=N)N[C@@H](C)c1ccccc1. The normalized spacial score (nSPS) is 11.8. The minimum Gasteiger partial charge on any atom is -0.360 e. The molecule has 0 radical (unpaired) electrons. The Morgan fingerprint density at radius 1 is 1.31 bits per heavy atom. The highest BCUT2D eigenvalue weighted by atomic mass is 15.1. The molecule has 0 aliphatic carbocycles. The zero-order valence-electron chi connectivity index (χ0n) is 7.96. The lowest BCUT2D eigenvalue weighted by atomic mass is 10.1. The number of benzene rings is 1. The molecule has 0 aliphatic rings. The third-order valence-corrected chi connectivity index (χ3v) is 1.91. The maximum Gasteiger partial charge on any atom is 0.188 e. The molecule has 0 saturated carbocycles.